The molecule has 4 aromatic rings. The van der Waals surface area contributed by atoms with E-state index in [1.165, 1.54) is 0 Å². The molecule has 24 heavy (non-hydrogen) atoms. The quantitative estimate of drug-likeness (QED) is 0.459. The van der Waals surface area contributed by atoms with Crippen molar-refractivity contribution in [3.8, 4) is 11.1 Å². The number of fused-ring (bicyclic) bond motifs is 1. The van der Waals surface area contributed by atoms with Crippen LogP contribution in [0.15, 0.2) is 60.8 Å². The number of aryl methyl sites for hydroxylation is 1. The molecule has 118 valence electrons. The van der Waals surface area contributed by atoms with E-state index in [9.17, 15) is 0 Å². The van der Waals surface area contributed by atoms with Gasteiger partial charge in [-0.1, -0.05) is 60.1 Å². The summed E-state index contributed by atoms with van der Waals surface area (Å²) in [7, 11) is 0. The van der Waals surface area contributed by atoms with Crippen molar-refractivity contribution in [1.29, 1.82) is 0 Å². The second-order valence-electron chi connectivity index (χ2n) is 5.66. The summed E-state index contributed by atoms with van der Waals surface area (Å²) in [4.78, 5) is 9.12. The third-order valence-corrected chi connectivity index (χ3v) is 5.49. The largest absolute Gasteiger partial charge is 0.259 e. The molecule has 0 spiro atoms. The Kier molecular flexibility index (Phi) is 4.05. The highest BCUT2D eigenvalue weighted by atomic mass is 35.5. The molecule has 2 aromatic heterocycles. The predicted octanol–water partition coefficient (Wildman–Crippen LogP) is 5.91. The van der Waals surface area contributed by atoms with Gasteiger partial charge in [0.15, 0.2) is 0 Å². The van der Waals surface area contributed by atoms with Crippen molar-refractivity contribution in [3.63, 3.8) is 0 Å². The smallest absolute Gasteiger partial charge is 0.0908 e. The van der Waals surface area contributed by atoms with Crippen LogP contribution in [0.2, 0.25) is 5.02 Å². The molecular weight excluding hydrogens is 336 g/mol. The van der Waals surface area contributed by atoms with E-state index < -0.39 is 0 Å². The van der Waals surface area contributed by atoms with Gasteiger partial charge in [-0.05, 0) is 24.1 Å². The lowest BCUT2D eigenvalue weighted by molar-refractivity contribution is 1.10. The van der Waals surface area contributed by atoms with Crippen molar-refractivity contribution < 1.29 is 0 Å². The molecule has 0 saturated heterocycles. The summed E-state index contributed by atoms with van der Waals surface area (Å²) in [5.74, 6) is 0. The van der Waals surface area contributed by atoms with Gasteiger partial charge < -0.3 is 0 Å². The number of aromatic nitrogens is 2. The highest BCUT2D eigenvalue weighted by molar-refractivity contribution is 7.18. The molecular formula is C20H15ClN2S. The van der Waals surface area contributed by atoms with Gasteiger partial charge in [-0.2, -0.15) is 0 Å². The third kappa shape index (κ3) is 2.81. The lowest BCUT2D eigenvalue weighted by atomic mass is 10.0. The van der Waals surface area contributed by atoms with Crippen molar-refractivity contribution in [3.05, 3.63) is 82.1 Å². The fourth-order valence-corrected chi connectivity index (χ4v) is 4.08. The molecule has 4 rings (SSSR count). The van der Waals surface area contributed by atoms with Gasteiger partial charge in [-0.25, -0.2) is 4.98 Å². The first kappa shape index (κ1) is 15.3. The number of rotatable bonds is 3. The van der Waals surface area contributed by atoms with Gasteiger partial charge in [0, 0.05) is 18.2 Å². The lowest BCUT2D eigenvalue weighted by Crippen LogP contribution is -1.94. The van der Waals surface area contributed by atoms with Crippen LogP contribution in [0, 0.1) is 6.92 Å². The van der Waals surface area contributed by atoms with Crippen molar-refractivity contribution in [2.24, 2.45) is 0 Å². The Balaban J connectivity index is 1.77. The fraction of sp³-hybridized carbons (Fsp3) is 0.100. The van der Waals surface area contributed by atoms with E-state index in [-0.39, 0.29) is 0 Å². The summed E-state index contributed by atoms with van der Waals surface area (Å²) < 4.78 is 1.15. The minimum Gasteiger partial charge on any atom is -0.259 e. The molecule has 2 aromatic carbocycles. The van der Waals surface area contributed by atoms with Crippen LogP contribution in [-0.2, 0) is 6.42 Å². The maximum Gasteiger partial charge on any atom is 0.0908 e. The van der Waals surface area contributed by atoms with Crippen LogP contribution in [-0.4, -0.2) is 9.97 Å². The van der Waals surface area contributed by atoms with E-state index in [0.717, 1.165) is 42.6 Å². The van der Waals surface area contributed by atoms with E-state index >= 15 is 0 Å². The highest BCUT2D eigenvalue weighted by Gasteiger charge is 2.12. The number of benzene rings is 2. The third-order valence-electron chi connectivity index (χ3n) is 4.01. The molecule has 0 atom stereocenters. The molecule has 0 radical (unpaired) electrons. The van der Waals surface area contributed by atoms with Gasteiger partial charge in [-0.3, -0.25) is 4.98 Å². The molecule has 2 heterocycles. The second kappa shape index (κ2) is 6.34. The van der Waals surface area contributed by atoms with E-state index in [4.69, 9.17) is 11.6 Å². The summed E-state index contributed by atoms with van der Waals surface area (Å²) in [6.45, 7) is 2.03. The van der Waals surface area contributed by atoms with Gasteiger partial charge in [0.05, 0.1) is 25.9 Å². The summed E-state index contributed by atoms with van der Waals surface area (Å²) >= 11 is 8.40. The molecule has 2 nitrogen and oxygen atoms in total. The summed E-state index contributed by atoms with van der Waals surface area (Å²) in [5.41, 5.74) is 5.32. The average molecular weight is 351 g/mol. The topological polar surface area (TPSA) is 25.8 Å². The van der Waals surface area contributed by atoms with Crippen LogP contribution < -0.4 is 0 Å². The van der Waals surface area contributed by atoms with Crippen molar-refractivity contribution in [1.82, 2.24) is 9.97 Å². The average Bonchev–Trinajstić information content (AvgIpc) is 2.99. The minimum absolute atomic E-state index is 0.707. The zero-order valence-electron chi connectivity index (χ0n) is 13.2. The Labute approximate surface area is 149 Å². The number of hydrogen-bond acceptors (Lipinski definition) is 3. The SMILES string of the molecule is Cc1nc2ccnc(Cc3cccc(-c4ccccc4)c3Cl)c2s1. The molecule has 0 unspecified atom stereocenters. The van der Waals surface area contributed by atoms with E-state index in [1.807, 2.05) is 37.4 Å². The van der Waals surface area contributed by atoms with Gasteiger partial charge >= 0.3 is 0 Å². The fourth-order valence-electron chi connectivity index (χ4n) is 2.88. The molecule has 0 N–H and O–H groups in total. The molecule has 0 amide bonds. The maximum absolute atomic E-state index is 6.71. The highest BCUT2D eigenvalue weighted by Crippen LogP contribution is 2.33. The Bertz CT molecular complexity index is 1010. The lowest BCUT2D eigenvalue weighted by Gasteiger charge is -2.10. The Morgan fingerprint density at radius 1 is 1.00 bits per heavy atom. The standard InChI is InChI=1S/C20H15ClN2S/c1-13-23-17-10-11-22-18(20(17)24-13)12-15-8-5-9-16(19(15)21)14-6-3-2-4-7-14/h2-11H,12H2,1H3. The first-order valence-corrected chi connectivity index (χ1v) is 8.95. The molecule has 0 fully saturated rings. The molecule has 0 aliphatic heterocycles. The van der Waals surface area contributed by atoms with Crippen LogP contribution in [0.3, 0.4) is 0 Å². The molecule has 0 bridgehead atoms. The Hall–Kier alpha value is -2.23. The molecule has 0 aliphatic carbocycles. The second-order valence-corrected chi connectivity index (χ2v) is 7.24. The van der Waals surface area contributed by atoms with Crippen LogP contribution in [0.25, 0.3) is 21.3 Å². The number of pyridine rings is 1. The molecule has 0 aliphatic rings. The minimum atomic E-state index is 0.707. The van der Waals surface area contributed by atoms with Crippen molar-refractivity contribution >= 4 is 33.2 Å². The molecule has 4 heteroatoms. The van der Waals surface area contributed by atoms with Crippen LogP contribution in [0.5, 0.6) is 0 Å². The van der Waals surface area contributed by atoms with Gasteiger partial charge in [0.1, 0.15) is 0 Å². The van der Waals surface area contributed by atoms with Gasteiger partial charge in [-0.15, -0.1) is 11.3 Å². The number of thiazole rings is 1. The van der Waals surface area contributed by atoms with Gasteiger partial charge in [0.2, 0.25) is 0 Å². The monoisotopic (exact) mass is 350 g/mol. The first-order valence-electron chi connectivity index (χ1n) is 7.76. The van der Waals surface area contributed by atoms with Crippen molar-refractivity contribution in [2.45, 2.75) is 13.3 Å². The first-order chi connectivity index (χ1) is 11.7. The zero-order valence-corrected chi connectivity index (χ0v) is 14.7. The predicted molar refractivity (Wildman–Crippen MR) is 102 cm³/mol. The number of nitrogens with zero attached hydrogens (tertiary/aromatic N) is 2. The van der Waals surface area contributed by atoms with E-state index in [1.54, 1.807) is 11.3 Å². The zero-order chi connectivity index (χ0) is 16.5. The Morgan fingerprint density at radius 2 is 1.83 bits per heavy atom. The number of halogens is 1. The summed E-state index contributed by atoms with van der Waals surface area (Å²) in [6.07, 6.45) is 2.53. The van der Waals surface area contributed by atoms with E-state index in [0.29, 0.717) is 6.42 Å². The summed E-state index contributed by atoms with van der Waals surface area (Å²) in [5, 5.41) is 1.85. The molecule has 0 saturated carbocycles. The van der Waals surface area contributed by atoms with Crippen LogP contribution in [0.4, 0.5) is 0 Å². The number of hydrogen-bond donors (Lipinski definition) is 0. The summed E-state index contributed by atoms with van der Waals surface area (Å²) in [6, 6.07) is 18.4. The van der Waals surface area contributed by atoms with E-state index in [2.05, 4.69) is 40.3 Å². The van der Waals surface area contributed by atoms with Gasteiger partial charge in [0.25, 0.3) is 0 Å². The van der Waals surface area contributed by atoms with Crippen LogP contribution in [0.1, 0.15) is 16.3 Å². The Morgan fingerprint density at radius 3 is 2.67 bits per heavy atom. The van der Waals surface area contributed by atoms with Crippen LogP contribution >= 0.6 is 22.9 Å². The maximum atomic E-state index is 6.71. The van der Waals surface area contributed by atoms with Crippen molar-refractivity contribution in [2.75, 3.05) is 0 Å². The normalized spacial score (nSPS) is 11.1.